The summed E-state index contributed by atoms with van der Waals surface area (Å²) in [6.45, 7) is 5.72. The molecule has 0 aliphatic rings. The molecule has 0 bridgehead atoms. The van der Waals surface area contributed by atoms with Gasteiger partial charge in [-0.3, -0.25) is 4.79 Å². The molecule has 0 saturated carbocycles. The molecule has 0 N–H and O–H groups in total. The van der Waals surface area contributed by atoms with Gasteiger partial charge in [0.05, 0.1) is 0 Å². The summed E-state index contributed by atoms with van der Waals surface area (Å²) in [5.41, 5.74) is 1.31. The molecule has 0 spiro atoms. The van der Waals surface area contributed by atoms with Crippen LogP contribution < -0.4 is 4.74 Å². The average molecular weight is 212 g/mol. The maximum atomic E-state index is 10.8. The lowest BCUT2D eigenvalue weighted by Crippen LogP contribution is -1.99. The summed E-state index contributed by atoms with van der Waals surface area (Å²) >= 11 is 1.59. The number of aryl methyl sites for hydroxylation is 2. The molecule has 0 fully saturated rings. The quantitative estimate of drug-likeness (QED) is 0.716. The number of rotatable bonds is 4. The average Bonchev–Trinajstić information content (AvgIpc) is 2.47. The summed E-state index contributed by atoms with van der Waals surface area (Å²) in [6.07, 6.45) is 3.22. The van der Waals surface area contributed by atoms with Crippen molar-refractivity contribution in [2.24, 2.45) is 0 Å². The maximum Gasteiger partial charge on any atom is 0.308 e. The Bertz CT molecular complexity index is 315. The van der Waals surface area contributed by atoms with Gasteiger partial charge >= 0.3 is 5.97 Å². The fourth-order valence-corrected chi connectivity index (χ4v) is 2.61. The molecule has 0 radical (unpaired) electrons. The Morgan fingerprint density at radius 2 is 2.21 bits per heavy atom. The van der Waals surface area contributed by atoms with Crippen LogP contribution in [-0.4, -0.2) is 5.97 Å². The van der Waals surface area contributed by atoms with Crippen LogP contribution in [0.4, 0.5) is 0 Å². The molecule has 0 amide bonds. The molecule has 0 atom stereocenters. The minimum atomic E-state index is -0.239. The van der Waals surface area contributed by atoms with Crippen LogP contribution in [0.15, 0.2) is 6.07 Å². The van der Waals surface area contributed by atoms with Gasteiger partial charge in [0, 0.05) is 11.8 Å². The minimum Gasteiger partial charge on any atom is -0.416 e. The van der Waals surface area contributed by atoms with E-state index in [4.69, 9.17) is 4.74 Å². The number of ether oxygens (including phenoxy) is 1. The molecule has 78 valence electrons. The molecule has 0 saturated heterocycles. The first kappa shape index (κ1) is 11.2. The van der Waals surface area contributed by atoms with E-state index in [1.165, 1.54) is 17.4 Å². The number of hydrogen-bond donors (Lipinski definition) is 0. The van der Waals surface area contributed by atoms with Crippen LogP contribution in [0.3, 0.4) is 0 Å². The summed E-state index contributed by atoms with van der Waals surface area (Å²) in [7, 11) is 0. The van der Waals surface area contributed by atoms with E-state index >= 15 is 0 Å². The molecule has 0 unspecified atom stereocenters. The van der Waals surface area contributed by atoms with E-state index in [9.17, 15) is 4.79 Å². The van der Waals surface area contributed by atoms with Crippen molar-refractivity contribution in [3.05, 3.63) is 16.5 Å². The van der Waals surface area contributed by atoms with Gasteiger partial charge in [-0.05, 0) is 24.5 Å². The fourth-order valence-electron chi connectivity index (χ4n) is 1.37. The Labute approximate surface area is 88.9 Å². The minimum absolute atomic E-state index is 0.239. The van der Waals surface area contributed by atoms with Crippen molar-refractivity contribution in [3.63, 3.8) is 0 Å². The Balaban J connectivity index is 2.82. The third kappa shape index (κ3) is 2.84. The SMILES string of the molecule is CCCc1sc(OC(C)=O)cc1CC. The molecular formula is C11H16O2S. The van der Waals surface area contributed by atoms with Gasteiger partial charge in [-0.15, -0.1) is 11.3 Å². The van der Waals surface area contributed by atoms with E-state index in [0.717, 1.165) is 24.3 Å². The second-order valence-corrected chi connectivity index (χ2v) is 4.31. The molecule has 1 heterocycles. The van der Waals surface area contributed by atoms with Gasteiger partial charge in [-0.2, -0.15) is 0 Å². The zero-order valence-electron chi connectivity index (χ0n) is 8.92. The third-order valence-corrected chi connectivity index (χ3v) is 3.09. The summed E-state index contributed by atoms with van der Waals surface area (Å²) in [5, 5.41) is 0.734. The van der Waals surface area contributed by atoms with Crippen LogP contribution in [0.5, 0.6) is 5.06 Å². The van der Waals surface area contributed by atoms with Gasteiger partial charge in [-0.1, -0.05) is 20.3 Å². The van der Waals surface area contributed by atoms with Crippen LogP contribution in [0, 0.1) is 0 Å². The Kier molecular flexibility index (Phi) is 4.14. The van der Waals surface area contributed by atoms with E-state index in [1.807, 2.05) is 6.07 Å². The van der Waals surface area contributed by atoms with Gasteiger partial charge < -0.3 is 4.74 Å². The molecule has 3 heteroatoms. The van der Waals surface area contributed by atoms with Crippen molar-refractivity contribution in [3.8, 4) is 5.06 Å². The molecular weight excluding hydrogens is 196 g/mol. The first-order valence-electron chi connectivity index (χ1n) is 4.97. The highest BCUT2D eigenvalue weighted by molar-refractivity contribution is 7.14. The van der Waals surface area contributed by atoms with Crippen LogP contribution in [-0.2, 0) is 17.6 Å². The second-order valence-electron chi connectivity index (χ2n) is 3.21. The molecule has 0 aromatic carbocycles. The number of thiophene rings is 1. The second kappa shape index (κ2) is 5.15. The molecule has 2 nitrogen and oxygen atoms in total. The van der Waals surface area contributed by atoms with E-state index in [2.05, 4.69) is 13.8 Å². The summed E-state index contributed by atoms with van der Waals surface area (Å²) < 4.78 is 5.06. The lowest BCUT2D eigenvalue weighted by atomic mass is 10.1. The fraction of sp³-hybridized carbons (Fsp3) is 0.545. The smallest absolute Gasteiger partial charge is 0.308 e. The number of esters is 1. The van der Waals surface area contributed by atoms with Gasteiger partial charge in [0.2, 0.25) is 0 Å². The topological polar surface area (TPSA) is 26.3 Å². The van der Waals surface area contributed by atoms with E-state index in [1.54, 1.807) is 11.3 Å². The zero-order valence-corrected chi connectivity index (χ0v) is 9.74. The Hall–Kier alpha value is -0.830. The van der Waals surface area contributed by atoms with Crippen molar-refractivity contribution < 1.29 is 9.53 Å². The molecule has 0 aliphatic heterocycles. The Morgan fingerprint density at radius 3 is 2.71 bits per heavy atom. The number of carbonyl (C=O) groups is 1. The van der Waals surface area contributed by atoms with Gasteiger partial charge in [0.1, 0.15) is 0 Å². The normalized spacial score (nSPS) is 10.2. The highest BCUT2D eigenvalue weighted by Gasteiger charge is 2.08. The van der Waals surface area contributed by atoms with E-state index < -0.39 is 0 Å². The molecule has 1 aromatic heterocycles. The molecule has 0 aliphatic carbocycles. The van der Waals surface area contributed by atoms with Crippen molar-refractivity contribution >= 4 is 17.3 Å². The van der Waals surface area contributed by atoms with Crippen LogP contribution in [0.25, 0.3) is 0 Å². The maximum absolute atomic E-state index is 10.8. The summed E-state index contributed by atoms with van der Waals surface area (Å²) in [5.74, 6) is -0.239. The van der Waals surface area contributed by atoms with Crippen molar-refractivity contribution in [1.82, 2.24) is 0 Å². The first-order chi connectivity index (χ1) is 6.67. The lowest BCUT2D eigenvalue weighted by molar-refractivity contribution is -0.131. The Morgan fingerprint density at radius 1 is 1.50 bits per heavy atom. The first-order valence-corrected chi connectivity index (χ1v) is 5.79. The van der Waals surface area contributed by atoms with Crippen LogP contribution in [0.1, 0.15) is 37.6 Å². The monoisotopic (exact) mass is 212 g/mol. The predicted molar refractivity (Wildman–Crippen MR) is 59.0 cm³/mol. The van der Waals surface area contributed by atoms with Gasteiger partial charge in [0.25, 0.3) is 0 Å². The molecule has 14 heavy (non-hydrogen) atoms. The standard InChI is InChI=1S/C11H16O2S/c1-4-6-10-9(5-2)7-11(14-10)13-8(3)12/h7H,4-6H2,1-3H3. The zero-order chi connectivity index (χ0) is 10.6. The highest BCUT2D eigenvalue weighted by atomic mass is 32.1. The predicted octanol–water partition coefficient (Wildman–Crippen LogP) is 3.19. The van der Waals surface area contributed by atoms with E-state index in [0.29, 0.717) is 0 Å². The van der Waals surface area contributed by atoms with E-state index in [-0.39, 0.29) is 5.97 Å². The largest absolute Gasteiger partial charge is 0.416 e. The van der Waals surface area contributed by atoms with Gasteiger partial charge in [0.15, 0.2) is 5.06 Å². The van der Waals surface area contributed by atoms with Crippen molar-refractivity contribution in [2.45, 2.75) is 40.0 Å². The number of hydrogen-bond acceptors (Lipinski definition) is 3. The molecule has 1 rings (SSSR count). The molecule has 1 aromatic rings. The lowest BCUT2D eigenvalue weighted by Gasteiger charge is -1.95. The number of carbonyl (C=O) groups excluding carboxylic acids is 1. The highest BCUT2D eigenvalue weighted by Crippen LogP contribution is 2.30. The van der Waals surface area contributed by atoms with Gasteiger partial charge in [-0.25, -0.2) is 0 Å². The summed E-state index contributed by atoms with van der Waals surface area (Å²) in [4.78, 5) is 12.1. The third-order valence-electron chi connectivity index (χ3n) is 1.98. The van der Waals surface area contributed by atoms with Crippen molar-refractivity contribution in [1.29, 1.82) is 0 Å². The van der Waals surface area contributed by atoms with Crippen molar-refractivity contribution in [2.75, 3.05) is 0 Å². The van der Waals surface area contributed by atoms with Crippen LogP contribution in [0.2, 0.25) is 0 Å². The van der Waals surface area contributed by atoms with Crippen LogP contribution >= 0.6 is 11.3 Å². The summed E-state index contributed by atoms with van der Waals surface area (Å²) in [6, 6.07) is 1.98.